The van der Waals surface area contributed by atoms with Crippen LogP contribution in [0.3, 0.4) is 0 Å². The van der Waals surface area contributed by atoms with Gasteiger partial charge >= 0.3 is 0 Å². The molecule has 0 spiro atoms. The molecule has 0 aliphatic carbocycles. The van der Waals surface area contributed by atoms with E-state index in [0.29, 0.717) is 19.6 Å². The van der Waals surface area contributed by atoms with Crippen molar-refractivity contribution in [2.45, 2.75) is 26.3 Å². The lowest BCUT2D eigenvalue weighted by Crippen LogP contribution is -2.36. The molecule has 3 rings (SSSR count). The van der Waals surface area contributed by atoms with E-state index in [1.165, 1.54) is 12.1 Å². The van der Waals surface area contributed by atoms with Crippen molar-refractivity contribution in [3.05, 3.63) is 65.7 Å². The molecule has 0 radical (unpaired) electrons. The average Bonchev–Trinajstić information content (AvgIpc) is 3.11. The molecule has 0 unspecified atom stereocenters. The second-order valence-electron chi connectivity index (χ2n) is 7.20. The van der Waals surface area contributed by atoms with E-state index in [1.807, 2.05) is 38.1 Å². The number of nitrogens with one attached hydrogen (secondary N) is 1. The van der Waals surface area contributed by atoms with Crippen LogP contribution in [-0.2, 0) is 16.1 Å². The van der Waals surface area contributed by atoms with Crippen molar-refractivity contribution in [3.63, 3.8) is 0 Å². The quantitative estimate of drug-likeness (QED) is 0.882. The Hall–Kier alpha value is -2.76. The Bertz CT molecular complexity index is 810. The summed E-state index contributed by atoms with van der Waals surface area (Å²) in [5, 5.41) is 2.91. The van der Waals surface area contributed by atoms with Gasteiger partial charge in [0, 0.05) is 31.1 Å². The van der Waals surface area contributed by atoms with Crippen molar-refractivity contribution >= 4 is 11.8 Å². The Morgan fingerprint density at radius 2 is 2.04 bits per heavy atom. The van der Waals surface area contributed by atoms with E-state index in [4.69, 9.17) is 0 Å². The van der Waals surface area contributed by atoms with Crippen LogP contribution in [0.5, 0.6) is 0 Å². The highest BCUT2D eigenvalue weighted by atomic mass is 19.1. The topological polar surface area (TPSA) is 62.3 Å². The first-order valence-electron chi connectivity index (χ1n) is 9.17. The number of carbonyl (C=O) groups excluding carboxylic acids is 2. The lowest BCUT2D eigenvalue weighted by atomic mass is 9.88. The fraction of sp³-hybridized carbons (Fsp3) is 0.381. The fourth-order valence-corrected chi connectivity index (χ4v) is 3.50. The van der Waals surface area contributed by atoms with Gasteiger partial charge in [0.15, 0.2) is 0 Å². The summed E-state index contributed by atoms with van der Waals surface area (Å²) < 4.78 is 13.7. The molecule has 1 aromatic heterocycles. The number of rotatable bonds is 5. The summed E-state index contributed by atoms with van der Waals surface area (Å²) in [7, 11) is 0. The van der Waals surface area contributed by atoms with Gasteiger partial charge in [-0.05, 0) is 29.8 Å². The van der Waals surface area contributed by atoms with Gasteiger partial charge in [0.05, 0.1) is 18.2 Å². The van der Waals surface area contributed by atoms with Crippen LogP contribution in [-0.4, -0.2) is 34.8 Å². The molecule has 142 valence electrons. The number of aromatic nitrogens is 1. The lowest BCUT2D eigenvalue weighted by molar-refractivity contribution is -0.133. The van der Waals surface area contributed by atoms with Crippen LogP contribution >= 0.6 is 0 Å². The minimum atomic E-state index is -0.418. The van der Waals surface area contributed by atoms with Crippen LogP contribution in [0.1, 0.15) is 31.0 Å². The highest BCUT2D eigenvalue weighted by molar-refractivity contribution is 5.84. The van der Waals surface area contributed by atoms with Crippen molar-refractivity contribution in [2.75, 3.05) is 13.1 Å². The van der Waals surface area contributed by atoms with Gasteiger partial charge in [0.1, 0.15) is 5.82 Å². The van der Waals surface area contributed by atoms with Gasteiger partial charge in [-0.25, -0.2) is 4.39 Å². The summed E-state index contributed by atoms with van der Waals surface area (Å²) in [4.78, 5) is 31.2. The van der Waals surface area contributed by atoms with Crippen molar-refractivity contribution in [1.29, 1.82) is 0 Å². The van der Waals surface area contributed by atoms with Gasteiger partial charge in [-0.3, -0.25) is 14.6 Å². The van der Waals surface area contributed by atoms with E-state index in [1.54, 1.807) is 17.2 Å². The largest absolute Gasteiger partial charge is 0.350 e. The SMILES string of the molecule is CC(C)C(=O)N1C[C@@H](C(=O)NCc2ccccn2)[C@H](c2cccc(F)c2)C1. The molecular weight excluding hydrogens is 345 g/mol. The molecule has 2 amide bonds. The normalized spacial score (nSPS) is 19.3. The van der Waals surface area contributed by atoms with Gasteiger partial charge in [-0.1, -0.05) is 32.0 Å². The molecule has 27 heavy (non-hydrogen) atoms. The fourth-order valence-electron chi connectivity index (χ4n) is 3.50. The van der Waals surface area contributed by atoms with Crippen LogP contribution in [0.2, 0.25) is 0 Å². The molecule has 1 aliphatic rings. The first kappa shape index (κ1) is 19.0. The zero-order valence-corrected chi connectivity index (χ0v) is 15.6. The van der Waals surface area contributed by atoms with Gasteiger partial charge in [-0.15, -0.1) is 0 Å². The first-order valence-corrected chi connectivity index (χ1v) is 9.17. The Morgan fingerprint density at radius 3 is 2.70 bits per heavy atom. The molecule has 1 fully saturated rings. The van der Waals surface area contributed by atoms with Crippen LogP contribution in [0.15, 0.2) is 48.7 Å². The molecular formula is C21H24FN3O2. The third-order valence-corrected chi connectivity index (χ3v) is 4.91. The molecule has 6 heteroatoms. The van der Waals surface area contributed by atoms with Crippen LogP contribution in [0, 0.1) is 17.7 Å². The second kappa shape index (κ2) is 8.29. The number of hydrogen-bond acceptors (Lipinski definition) is 3. The molecule has 2 heterocycles. The zero-order valence-electron chi connectivity index (χ0n) is 15.6. The number of nitrogens with zero attached hydrogens (tertiary/aromatic N) is 2. The molecule has 1 N–H and O–H groups in total. The van der Waals surface area contributed by atoms with Crippen molar-refractivity contribution in [3.8, 4) is 0 Å². The Kier molecular flexibility index (Phi) is 5.84. The molecule has 2 atom stereocenters. The maximum Gasteiger partial charge on any atom is 0.225 e. The van der Waals surface area contributed by atoms with Crippen molar-refractivity contribution < 1.29 is 14.0 Å². The number of carbonyl (C=O) groups is 2. The van der Waals surface area contributed by atoms with Gasteiger partial charge < -0.3 is 10.2 Å². The zero-order chi connectivity index (χ0) is 19.4. The summed E-state index contributed by atoms with van der Waals surface area (Å²) in [5.74, 6) is -1.27. The smallest absolute Gasteiger partial charge is 0.225 e. The van der Waals surface area contributed by atoms with E-state index in [0.717, 1.165) is 11.3 Å². The average molecular weight is 369 g/mol. The summed E-state index contributed by atoms with van der Waals surface area (Å²) in [5.41, 5.74) is 1.51. The molecule has 0 bridgehead atoms. The number of benzene rings is 1. The first-order chi connectivity index (χ1) is 13.0. The van der Waals surface area contributed by atoms with Crippen molar-refractivity contribution in [1.82, 2.24) is 15.2 Å². The highest BCUT2D eigenvalue weighted by Gasteiger charge is 2.40. The lowest BCUT2D eigenvalue weighted by Gasteiger charge is -2.18. The van der Waals surface area contributed by atoms with E-state index < -0.39 is 5.92 Å². The number of halogens is 1. The minimum absolute atomic E-state index is 0.0106. The van der Waals surface area contributed by atoms with E-state index in [2.05, 4.69) is 10.3 Å². The number of hydrogen-bond donors (Lipinski definition) is 1. The molecule has 1 aromatic carbocycles. The molecule has 5 nitrogen and oxygen atoms in total. The van der Waals surface area contributed by atoms with Crippen molar-refractivity contribution in [2.24, 2.45) is 11.8 Å². The third kappa shape index (κ3) is 4.51. The van der Waals surface area contributed by atoms with Crippen LogP contribution in [0.25, 0.3) is 0 Å². The summed E-state index contributed by atoms with van der Waals surface area (Å²) >= 11 is 0. The second-order valence-corrected chi connectivity index (χ2v) is 7.20. The Morgan fingerprint density at radius 1 is 1.22 bits per heavy atom. The molecule has 1 saturated heterocycles. The van der Waals surface area contributed by atoms with Gasteiger partial charge in [-0.2, -0.15) is 0 Å². The van der Waals surface area contributed by atoms with Gasteiger partial charge in [0.25, 0.3) is 0 Å². The van der Waals surface area contributed by atoms with Crippen LogP contribution < -0.4 is 5.32 Å². The number of amides is 2. The highest BCUT2D eigenvalue weighted by Crippen LogP contribution is 2.34. The Balaban J connectivity index is 1.78. The van der Waals surface area contributed by atoms with Crippen LogP contribution in [0.4, 0.5) is 4.39 Å². The van der Waals surface area contributed by atoms with E-state index in [-0.39, 0.29) is 29.5 Å². The minimum Gasteiger partial charge on any atom is -0.350 e. The maximum absolute atomic E-state index is 13.7. The summed E-state index contributed by atoms with van der Waals surface area (Å²) in [6.45, 7) is 4.76. The molecule has 2 aromatic rings. The summed E-state index contributed by atoms with van der Waals surface area (Å²) in [6, 6.07) is 11.8. The van der Waals surface area contributed by atoms with E-state index in [9.17, 15) is 14.0 Å². The van der Waals surface area contributed by atoms with E-state index >= 15 is 0 Å². The number of likely N-dealkylation sites (tertiary alicyclic amines) is 1. The standard InChI is InChI=1S/C21H24FN3O2/c1-14(2)21(27)25-12-18(15-6-5-7-16(22)10-15)19(13-25)20(26)24-11-17-8-3-4-9-23-17/h3-10,14,18-19H,11-13H2,1-2H3,(H,24,26)/t18-,19+/m0/s1. The summed E-state index contributed by atoms with van der Waals surface area (Å²) in [6.07, 6.45) is 1.68. The monoisotopic (exact) mass is 369 g/mol. The maximum atomic E-state index is 13.7. The third-order valence-electron chi connectivity index (χ3n) is 4.91. The Labute approximate surface area is 158 Å². The molecule has 0 saturated carbocycles. The molecule has 1 aliphatic heterocycles. The predicted octanol–water partition coefficient (Wildman–Crippen LogP) is 2.74. The number of pyridine rings is 1. The van der Waals surface area contributed by atoms with Gasteiger partial charge in [0.2, 0.25) is 11.8 Å². The predicted molar refractivity (Wildman–Crippen MR) is 100 cm³/mol.